The summed E-state index contributed by atoms with van der Waals surface area (Å²) in [7, 11) is 0. The van der Waals surface area contributed by atoms with Crippen LogP contribution < -0.4 is 0 Å². The molecule has 0 atom stereocenters. The van der Waals surface area contributed by atoms with E-state index in [1.54, 1.807) is 0 Å². The Morgan fingerprint density at radius 2 is 1.53 bits per heavy atom. The van der Waals surface area contributed by atoms with Crippen LogP contribution in [0.3, 0.4) is 0 Å². The highest BCUT2D eigenvalue weighted by atomic mass is 14.2. The summed E-state index contributed by atoms with van der Waals surface area (Å²) < 4.78 is 0. The van der Waals surface area contributed by atoms with Gasteiger partial charge in [-0.2, -0.15) is 0 Å². The average molecular weight is 196 g/mol. The van der Waals surface area contributed by atoms with Crippen LogP contribution in [-0.4, -0.2) is 0 Å². The van der Waals surface area contributed by atoms with Crippen molar-refractivity contribution in [3.05, 3.63) is 63.5 Å². The Hall–Kier alpha value is -1.52. The highest BCUT2D eigenvalue weighted by Crippen LogP contribution is 2.36. The standard InChI is InChI=1S/C15H16/c1-10-11(2)13(4)15(12(10)3)9-14-7-5-6-8-14/h5-7,9H,1-4H3. The molecule has 0 bridgehead atoms. The third kappa shape index (κ3) is 1.58. The largest absolute Gasteiger partial charge is 0.113 e. The SMILES string of the molecule is CC1=C(C)C(C)=C(C)C1=CC1=C=CC=C1. The third-order valence-electron chi connectivity index (χ3n) is 3.42. The average Bonchev–Trinajstić information content (AvgIpc) is 2.79. The summed E-state index contributed by atoms with van der Waals surface area (Å²) in [6.07, 6.45) is 8.31. The molecule has 0 aromatic heterocycles. The van der Waals surface area contributed by atoms with Gasteiger partial charge in [-0.1, -0.05) is 6.08 Å². The first-order chi connectivity index (χ1) is 7.11. The quantitative estimate of drug-likeness (QED) is 0.550. The van der Waals surface area contributed by atoms with E-state index in [-0.39, 0.29) is 0 Å². The maximum atomic E-state index is 3.21. The highest BCUT2D eigenvalue weighted by molar-refractivity contribution is 5.63. The topological polar surface area (TPSA) is 0 Å². The fourth-order valence-corrected chi connectivity index (χ4v) is 2.05. The summed E-state index contributed by atoms with van der Waals surface area (Å²) in [4.78, 5) is 0. The fourth-order valence-electron chi connectivity index (χ4n) is 2.05. The zero-order valence-corrected chi connectivity index (χ0v) is 9.81. The summed E-state index contributed by atoms with van der Waals surface area (Å²) in [5.74, 6) is 0. The predicted molar refractivity (Wildman–Crippen MR) is 65.6 cm³/mol. The highest BCUT2D eigenvalue weighted by Gasteiger charge is 2.17. The minimum atomic E-state index is 1.17. The van der Waals surface area contributed by atoms with Crippen LogP contribution in [0.1, 0.15) is 27.7 Å². The second-order valence-electron chi connectivity index (χ2n) is 4.18. The summed E-state index contributed by atoms with van der Waals surface area (Å²) in [6.45, 7) is 8.79. The third-order valence-corrected chi connectivity index (χ3v) is 3.42. The van der Waals surface area contributed by atoms with Crippen LogP contribution in [0.5, 0.6) is 0 Å². The van der Waals surface area contributed by atoms with Gasteiger partial charge >= 0.3 is 0 Å². The van der Waals surface area contributed by atoms with E-state index in [2.05, 4.69) is 45.6 Å². The number of allylic oxidation sites excluding steroid dienone is 9. The molecular formula is C15H16. The molecule has 0 aromatic rings. The molecule has 0 saturated heterocycles. The van der Waals surface area contributed by atoms with Crippen LogP contribution in [0.25, 0.3) is 0 Å². The lowest BCUT2D eigenvalue weighted by Gasteiger charge is -2.02. The van der Waals surface area contributed by atoms with E-state index in [9.17, 15) is 0 Å². The Labute approximate surface area is 91.7 Å². The molecule has 0 heteroatoms. The van der Waals surface area contributed by atoms with Crippen molar-refractivity contribution in [1.29, 1.82) is 0 Å². The maximum Gasteiger partial charge on any atom is 0.0170 e. The van der Waals surface area contributed by atoms with Crippen molar-refractivity contribution in [2.24, 2.45) is 0 Å². The Kier molecular flexibility index (Phi) is 2.38. The zero-order valence-electron chi connectivity index (χ0n) is 9.81. The Morgan fingerprint density at radius 1 is 0.933 bits per heavy atom. The number of hydrogen-bond acceptors (Lipinski definition) is 0. The lowest BCUT2D eigenvalue weighted by Crippen LogP contribution is -1.84. The molecule has 0 nitrogen and oxygen atoms in total. The van der Waals surface area contributed by atoms with Gasteiger partial charge in [0.05, 0.1) is 0 Å². The van der Waals surface area contributed by atoms with Crippen LogP contribution in [-0.2, 0) is 0 Å². The molecule has 0 saturated carbocycles. The van der Waals surface area contributed by atoms with Crippen molar-refractivity contribution in [3.8, 4) is 0 Å². The Morgan fingerprint density at radius 3 is 2.00 bits per heavy atom. The first-order valence-corrected chi connectivity index (χ1v) is 5.32. The number of hydrogen-bond donors (Lipinski definition) is 0. The van der Waals surface area contributed by atoms with Gasteiger partial charge in [0.15, 0.2) is 0 Å². The molecule has 0 aliphatic heterocycles. The zero-order chi connectivity index (χ0) is 11.0. The van der Waals surface area contributed by atoms with E-state index < -0.39 is 0 Å². The molecule has 0 heterocycles. The fraction of sp³-hybridized carbons (Fsp3) is 0.267. The van der Waals surface area contributed by atoms with E-state index in [0.717, 1.165) is 0 Å². The lowest BCUT2D eigenvalue weighted by molar-refractivity contribution is 1.31. The monoisotopic (exact) mass is 196 g/mol. The molecule has 0 radical (unpaired) electrons. The van der Waals surface area contributed by atoms with Crippen LogP contribution in [0.2, 0.25) is 0 Å². The normalized spacial score (nSPS) is 19.5. The predicted octanol–water partition coefficient (Wildman–Crippen LogP) is 4.25. The summed E-state index contributed by atoms with van der Waals surface area (Å²) in [5.41, 5.74) is 11.4. The maximum absolute atomic E-state index is 3.21. The molecule has 2 rings (SSSR count). The molecule has 0 N–H and O–H groups in total. The molecule has 76 valence electrons. The Bertz CT molecular complexity index is 470. The number of rotatable bonds is 1. The van der Waals surface area contributed by atoms with Gasteiger partial charge in [-0.3, -0.25) is 0 Å². The molecule has 0 unspecified atom stereocenters. The van der Waals surface area contributed by atoms with Crippen LogP contribution in [0.15, 0.2) is 63.5 Å². The van der Waals surface area contributed by atoms with Gasteiger partial charge in [0.25, 0.3) is 0 Å². The van der Waals surface area contributed by atoms with E-state index in [0.29, 0.717) is 0 Å². The van der Waals surface area contributed by atoms with Gasteiger partial charge in [-0.15, -0.1) is 5.73 Å². The van der Waals surface area contributed by atoms with Crippen molar-refractivity contribution in [2.45, 2.75) is 27.7 Å². The smallest absolute Gasteiger partial charge is 0.0170 e. The summed E-state index contributed by atoms with van der Waals surface area (Å²) in [5, 5.41) is 0. The van der Waals surface area contributed by atoms with Crippen molar-refractivity contribution in [2.75, 3.05) is 0 Å². The van der Waals surface area contributed by atoms with Crippen molar-refractivity contribution >= 4 is 0 Å². The van der Waals surface area contributed by atoms with E-state index in [4.69, 9.17) is 0 Å². The first-order valence-electron chi connectivity index (χ1n) is 5.32. The minimum Gasteiger partial charge on any atom is -0.113 e. The molecule has 0 fully saturated rings. The lowest BCUT2D eigenvalue weighted by atomic mass is 10.0. The van der Waals surface area contributed by atoms with Gasteiger partial charge < -0.3 is 0 Å². The van der Waals surface area contributed by atoms with E-state index >= 15 is 0 Å². The molecule has 0 aromatic carbocycles. The van der Waals surface area contributed by atoms with E-state index in [1.807, 2.05) is 12.2 Å². The van der Waals surface area contributed by atoms with Crippen molar-refractivity contribution in [1.82, 2.24) is 0 Å². The van der Waals surface area contributed by atoms with E-state index in [1.165, 1.54) is 33.4 Å². The molecular weight excluding hydrogens is 180 g/mol. The molecule has 2 aliphatic rings. The van der Waals surface area contributed by atoms with Crippen molar-refractivity contribution < 1.29 is 0 Å². The first kappa shape index (κ1) is 10.0. The summed E-state index contributed by atoms with van der Waals surface area (Å²) >= 11 is 0. The Balaban J connectivity index is 2.48. The van der Waals surface area contributed by atoms with Gasteiger partial charge in [0.1, 0.15) is 0 Å². The van der Waals surface area contributed by atoms with Crippen LogP contribution in [0, 0.1) is 0 Å². The second-order valence-corrected chi connectivity index (χ2v) is 4.18. The van der Waals surface area contributed by atoms with Crippen LogP contribution >= 0.6 is 0 Å². The molecule has 0 spiro atoms. The molecule has 15 heavy (non-hydrogen) atoms. The minimum absolute atomic E-state index is 1.17. The van der Waals surface area contributed by atoms with Gasteiger partial charge in [0, 0.05) is 5.57 Å². The van der Waals surface area contributed by atoms with Gasteiger partial charge in [-0.05, 0) is 73.8 Å². The van der Waals surface area contributed by atoms with Crippen LogP contribution in [0.4, 0.5) is 0 Å². The van der Waals surface area contributed by atoms with Gasteiger partial charge in [-0.25, -0.2) is 0 Å². The van der Waals surface area contributed by atoms with Gasteiger partial charge in [0.2, 0.25) is 0 Å². The summed E-state index contributed by atoms with van der Waals surface area (Å²) in [6, 6.07) is 0. The molecule has 2 aliphatic carbocycles. The second kappa shape index (κ2) is 3.56. The molecule has 0 amide bonds. The van der Waals surface area contributed by atoms with Crippen molar-refractivity contribution in [3.63, 3.8) is 0 Å².